The second-order valence-electron chi connectivity index (χ2n) is 6.46. The van der Waals surface area contributed by atoms with Gasteiger partial charge in [0, 0.05) is 37.8 Å². The van der Waals surface area contributed by atoms with Gasteiger partial charge in [-0.15, -0.1) is 0 Å². The van der Waals surface area contributed by atoms with Crippen molar-refractivity contribution < 1.29 is 9.53 Å². The molecule has 0 unspecified atom stereocenters. The first-order valence-corrected chi connectivity index (χ1v) is 9.04. The standard InChI is InChI=1S/C21H22N4O2/c1-27-19-10-3-2-8-17(19)23-21(26)25-14-12-24(13-15-25)18-9-4-6-16-7-5-11-22-20(16)18/h2-11H,12-15H2,1H3,(H,23,26). The number of hydrogen-bond donors (Lipinski definition) is 1. The highest BCUT2D eigenvalue weighted by Crippen LogP contribution is 2.26. The summed E-state index contributed by atoms with van der Waals surface area (Å²) in [5, 5.41) is 4.08. The van der Waals surface area contributed by atoms with Gasteiger partial charge in [-0.05, 0) is 24.3 Å². The van der Waals surface area contributed by atoms with Crippen molar-refractivity contribution in [2.45, 2.75) is 0 Å². The first-order chi connectivity index (χ1) is 13.3. The van der Waals surface area contributed by atoms with Crippen LogP contribution in [-0.4, -0.2) is 49.2 Å². The molecule has 1 saturated heterocycles. The highest BCUT2D eigenvalue weighted by Gasteiger charge is 2.23. The Labute approximate surface area is 158 Å². The maximum absolute atomic E-state index is 12.6. The topological polar surface area (TPSA) is 57.7 Å². The molecular formula is C21H22N4O2. The van der Waals surface area contributed by atoms with Crippen LogP contribution >= 0.6 is 0 Å². The van der Waals surface area contributed by atoms with Crippen LogP contribution in [0.1, 0.15) is 0 Å². The number of methoxy groups -OCH3 is 1. The van der Waals surface area contributed by atoms with E-state index in [1.165, 1.54) is 0 Å². The number of urea groups is 1. The zero-order valence-electron chi connectivity index (χ0n) is 15.3. The molecule has 1 aliphatic rings. The van der Waals surface area contributed by atoms with Gasteiger partial charge < -0.3 is 19.9 Å². The molecule has 2 amide bonds. The molecule has 2 heterocycles. The van der Waals surface area contributed by atoms with Crippen LogP contribution < -0.4 is 15.0 Å². The molecule has 1 aromatic heterocycles. The minimum absolute atomic E-state index is 0.102. The van der Waals surface area contributed by atoms with Crippen molar-refractivity contribution >= 4 is 28.3 Å². The molecule has 0 atom stereocenters. The number of rotatable bonds is 3. The number of benzene rings is 2. The van der Waals surface area contributed by atoms with E-state index >= 15 is 0 Å². The van der Waals surface area contributed by atoms with Crippen LogP contribution in [0.4, 0.5) is 16.2 Å². The van der Waals surface area contributed by atoms with Gasteiger partial charge in [0.15, 0.2) is 0 Å². The molecule has 6 heteroatoms. The number of fused-ring (bicyclic) bond motifs is 1. The Morgan fingerprint density at radius 1 is 1.00 bits per heavy atom. The third kappa shape index (κ3) is 3.51. The smallest absolute Gasteiger partial charge is 0.322 e. The predicted molar refractivity (Wildman–Crippen MR) is 108 cm³/mol. The lowest BCUT2D eigenvalue weighted by Gasteiger charge is -2.36. The zero-order chi connectivity index (χ0) is 18.6. The highest BCUT2D eigenvalue weighted by molar-refractivity contribution is 5.92. The minimum Gasteiger partial charge on any atom is -0.495 e. The van der Waals surface area contributed by atoms with E-state index in [4.69, 9.17) is 4.74 Å². The monoisotopic (exact) mass is 362 g/mol. The highest BCUT2D eigenvalue weighted by atomic mass is 16.5. The average Bonchev–Trinajstić information content (AvgIpc) is 2.74. The van der Waals surface area contributed by atoms with Gasteiger partial charge in [0.25, 0.3) is 0 Å². The molecule has 3 aromatic rings. The van der Waals surface area contributed by atoms with Crippen LogP contribution in [0.3, 0.4) is 0 Å². The lowest BCUT2D eigenvalue weighted by molar-refractivity contribution is 0.208. The van der Waals surface area contributed by atoms with E-state index in [1.54, 1.807) is 7.11 Å². The Hall–Kier alpha value is -3.28. The van der Waals surface area contributed by atoms with E-state index in [-0.39, 0.29) is 6.03 Å². The van der Waals surface area contributed by atoms with Gasteiger partial charge >= 0.3 is 6.03 Å². The Morgan fingerprint density at radius 2 is 1.78 bits per heavy atom. The van der Waals surface area contributed by atoms with Crippen molar-refractivity contribution in [3.8, 4) is 5.75 Å². The average molecular weight is 362 g/mol. The molecule has 27 heavy (non-hydrogen) atoms. The van der Waals surface area contributed by atoms with Crippen LogP contribution in [0.5, 0.6) is 5.75 Å². The van der Waals surface area contributed by atoms with Gasteiger partial charge in [0.05, 0.1) is 24.0 Å². The van der Waals surface area contributed by atoms with Gasteiger partial charge in [0.2, 0.25) is 0 Å². The number of amides is 2. The minimum atomic E-state index is -0.102. The normalized spacial score (nSPS) is 14.3. The van der Waals surface area contributed by atoms with Crippen LogP contribution in [0, 0.1) is 0 Å². The molecule has 4 rings (SSSR count). The Bertz CT molecular complexity index is 946. The van der Waals surface area contributed by atoms with Gasteiger partial charge in [0.1, 0.15) is 5.75 Å². The Morgan fingerprint density at radius 3 is 2.59 bits per heavy atom. The van der Waals surface area contributed by atoms with Gasteiger partial charge in [-0.2, -0.15) is 0 Å². The van der Waals surface area contributed by atoms with Gasteiger partial charge in [-0.1, -0.05) is 30.3 Å². The van der Waals surface area contributed by atoms with E-state index < -0.39 is 0 Å². The number of anilines is 2. The number of carbonyl (C=O) groups excluding carboxylic acids is 1. The molecule has 1 aliphatic heterocycles. The number of nitrogens with zero attached hydrogens (tertiary/aromatic N) is 3. The number of aromatic nitrogens is 1. The summed E-state index contributed by atoms with van der Waals surface area (Å²) in [6.45, 7) is 2.86. The molecule has 0 saturated carbocycles. The van der Waals surface area contributed by atoms with Crippen LogP contribution in [0.15, 0.2) is 60.8 Å². The third-order valence-corrected chi connectivity index (χ3v) is 4.87. The summed E-state index contributed by atoms with van der Waals surface area (Å²) in [5.41, 5.74) is 2.82. The van der Waals surface area contributed by atoms with E-state index in [1.807, 2.05) is 41.4 Å². The van der Waals surface area contributed by atoms with E-state index in [2.05, 4.69) is 39.5 Å². The quantitative estimate of drug-likeness (QED) is 0.773. The Kier molecular flexibility index (Phi) is 4.78. The van der Waals surface area contributed by atoms with Crippen LogP contribution in [-0.2, 0) is 0 Å². The summed E-state index contributed by atoms with van der Waals surface area (Å²) >= 11 is 0. The number of nitrogens with one attached hydrogen (secondary N) is 1. The number of ether oxygens (including phenoxy) is 1. The van der Waals surface area contributed by atoms with E-state index in [9.17, 15) is 4.79 Å². The van der Waals surface area contributed by atoms with Crippen molar-refractivity contribution in [2.75, 3.05) is 43.5 Å². The second-order valence-corrected chi connectivity index (χ2v) is 6.46. The lowest BCUT2D eigenvalue weighted by Crippen LogP contribution is -2.50. The fraction of sp³-hybridized carbons (Fsp3) is 0.238. The van der Waals surface area contributed by atoms with Crippen LogP contribution in [0.2, 0.25) is 0 Å². The molecule has 0 spiro atoms. The Balaban J connectivity index is 1.43. The van der Waals surface area contributed by atoms with Crippen LogP contribution in [0.25, 0.3) is 10.9 Å². The maximum atomic E-state index is 12.6. The zero-order valence-corrected chi connectivity index (χ0v) is 15.3. The fourth-order valence-electron chi connectivity index (χ4n) is 3.44. The molecule has 6 nitrogen and oxygen atoms in total. The van der Waals surface area contributed by atoms with E-state index in [0.717, 1.165) is 29.7 Å². The van der Waals surface area contributed by atoms with Gasteiger partial charge in [-0.3, -0.25) is 4.98 Å². The van der Waals surface area contributed by atoms with E-state index in [0.29, 0.717) is 24.5 Å². The van der Waals surface area contributed by atoms with Gasteiger partial charge in [-0.25, -0.2) is 4.79 Å². The molecule has 1 fully saturated rings. The molecule has 0 aliphatic carbocycles. The summed E-state index contributed by atoms with van der Waals surface area (Å²) in [5.74, 6) is 0.659. The largest absolute Gasteiger partial charge is 0.495 e. The summed E-state index contributed by atoms with van der Waals surface area (Å²) in [6, 6.07) is 17.6. The molecule has 1 N–H and O–H groups in total. The van der Waals surface area contributed by atoms with Crippen molar-refractivity contribution in [3.63, 3.8) is 0 Å². The molecule has 138 valence electrons. The molecular weight excluding hydrogens is 340 g/mol. The SMILES string of the molecule is COc1ccccc1NC(=O)N1CCN(c2cccc3cccnc23)CC1. The molecule has 0 radical (unpaired) electrons. The number of pyridine rings is 1. The first kappa shape index (κ1) is 17.1. The summed E-state index contributed by atoms with van der Waals surface area (Å²) < 4.78 is 5.30. The molecule has 0 bridgehead atoms. The van der Waals surface area contributed by atoms with Crippen molar-refractivity contribution in [2.24, 2.45) is 0 Å². The fourth-order valence-corrected chi connectivity index (χ4v) is 3.44. The first-order valence-electron chi connectivity index (χ1n) is 9.04. The summed E-state index contributed by atoms with van der Waals surface area (Å²) in [6.07, 6.45) is 1.82. The van der Waals surface area contributed by atoms with Crippen molar-refractivity contribution in [1.82, 2.24) is 9.88 Å². The predicted octanol–water partition coefficient (Wildman–Crippen LogP) is 3.60. The maximum Gasteiger partial charge on any atom is 0.322 e. The second kappa shape index (κ2) is 7.53. The van der Waals surface area contributed by atoms with Crippen molar-refractivity contribution in [1.29, 1.82) is 0 Å². The lowest BCUT2D eigenvalue weighted by atomic mass is 10.1. The molecule has 2 aromatic carbocycles. The number of para-hydroxylation sites is 3. The summed E-state index contributed by atoms with van der Waals surface area (Å²) in [4.78, 5) is 21.3. The third-order valence-electron chi connectivity index (χ3n) is 4.87. The number of hydrogen-bond acceptors (Lipinski definition) is 4. The summed E-state index contributed by atoms with van der Waals surface area (Å²) in [7, 11) is 1.60. The number of piperazine rings is 1. The van der Waals surface area contributed by atoms with Crippen molar-refractivity contribution in [3.05, 3.63) is 60.8 Å². The number of carbonyl (C=O) groups is 1.